The Kier molecular flexibility index (Phi) is 11.7. The van der Waals surface area contributed by atoms with Gasteiger partial charge in [-0.3, -0.25) is 0 Å². The molecule has 0 saturated heterocycles. The van der Waals surface area contributed by atoms with Crippen LogP contribution in [0.25, 0.3) is 11.1 Å². The van der Waals surface area contributed by atoms with Crippen LogP contribution in [0.3, 0.4) is 0 Å². The number of ether oxygens (including phenoxy) is 3. The second kappa shape index (κ2) is 15.2. The lowest BCUT2D eigenvalue weighted by molar-refractivity contribution is 0.0637. The van der Waals surface area contributed by atoms with Gasteiger partial charge in [0, 0.05) is 6.61 Å². The Hall–Kier alpha value is -3.11. The summed E-state index contributed by atoms with van der Waals surface area (Å²) in [6.07, 6.45) is 7.70. The van der Waals surface area contributed by atoms with Crippen LogP contribution >= 0.6 is 0 Å². The summed E-state index contributed by atoms with van der Waals surface area (Å²) in [5.41, 5.74) is 3.81. The van der Waals surface area contributed by atoms with Gasteiger partial charge in [-0.05, 0) is 67.1 Å². The number of unbranched alkanes of at least 4 members (excludes halogenated alkanes) is 2. The van der Waals surface area contributed by atoms with Crippen molar-refractivity contribution in [2.24, 2.45) is 0 Å². The Morgan fingerprint density at radius 2 is 1.35 bits per heavy atom. The van der Waals surface area contributed by atoms with Gasteiger partial charge < -0.3 is 14.2 Å². The summed E-state index contributed by atoms with van der Waals surface area (Å²) >= 11 is 0. The first-order valence-electron chi connectivity index (χ1n) is 13.9. The fourth-order valence-corrected chi connectivity index (χ4v) is 4.23. The average Bonchev–Trinajstić information content (AvgIpc) is 2.93. The van der Waals surface area contributed by atoms with E-state index in [9.17, 15) is 4.79 Å². The minimum atomic E-state index is -0.392. The van der Waals surface area contributed by atoms with Crippen molar-refractivity contribution in [3.05, 3.63) is 83.9 Å². The van der Waals surface area contributed by atoms with Gasteiger partial charge in [0.1, 0.15) is 0 Å². The molecule has 0 amide bonds. The first kappa shape index (κ1) is 28.5. The Balaban J connectivity index is 1.64. The summed E-state index contributed by atoms with van der Waals surface area (Å²) in [6.45, 7) is 9.38. The first-order valence-corrected chi connectivity index (χ1v) is 13.9. The molecular weight excluding hydrogens is 460 g/mol. The van der Waals surface area contributed by atoms with E-state index in [0.717, 1.165) is 68.2 Å². The van der Waals surface area contributed by atoms with Gasteiger partial charge in [-0.15, -0.1) is 0 Å². The zero-order valence-electron chi connectivity index (χ0n) is 22.9. The molecule has 0 spiro atoms. The molecule has 0 bridgehead atoms. The predicted octanol–water partition coefficient (Wildman–Crippen LogP) is 9.19. The van der Waals surface area contributed by atoms with Crippen LogP contribution in [0.4, 0.5) is 0 Å². The number of rotatable bonds is 15. The van der Waals surface area contributed by atoms with E-state index in [-0.39, 0.29) is 12.2 Å². The third kappa shape index (κ3) is 8.75. The van der Waals surface area contributed by atoms with Crippen molar-refractivity contribution in [2.45, 2.75) is 84.8 Å². The minimum Gasteiger partial charge on any atom is -0.487 e. The van der Waals surface area contributed by atoms with Crippen LogP contribution in [0.5, 0.6) is 11.5 Å². The standard InChI is InChI=1S/C33H42O4/c1-5-8-13-30(12-7-3)36-31-14-10-11-15-32(31)37-33(34)29-22-20-28(21-23-29)27-18-16-26(17-19-27)25(4)35-24-9-6-2/h10-11,14-23,25,30H,5-9,12-13,24H2,1-4H3. The van der Waals surface area contributed by atoms with Crippen molar-refractivity contribution in [1.29, 1.82) is 0 Å². The number of benzene rings is 3. The zero-order chi connectivity index (χ0) is 26.5. The van der Waals surface area contributed by atoms with E-state index in [4.69, 9.17) is 14.2 Å². The number of esters is 1. The van der Waals surface area contributed by atoms with Crippen LogP contribution in [-0.4, -0.2) is 18.7 Å². The molecule has 198 valence electrons. The molecular formula is C33H42O4. The molecule has 0 heterocycles. The zero-order valence-corrected chi connectivity index (χ0v) is 22.9. The van der Waals surface area contributed by atoms with Gasteiger partial charge >= 0.3 is 5.97 Å². The lowest BCUT2D eigenvalue weighted by Gasteiger charge is -2.20. The van der Waals surface area contributed by atoms with E-state index < -0.39 is 5.97 Å². The van der Waals surface area contributed by atoms with E-state index >= 15 is 0 Å². The van der Waals surface area contributed by atoms with E-state index in [1.165, 1.54) is 0 Å². The number of carbonyl (C=O) groups is 1. The topological polar surface area (TPSA) is 44.8 Å². The molecule has 3 rings (SSSR count). The summed E-state index contributed by atoms with van der Waals surface area (Å²) in [6, 6.07) is 23.4. The summed E-state index contributed by atoms with van der Waals surface area (Å²) in [7, 11) is 0. The first-order chi connectivity index (χ1) is 18.0. The summed E-state index contributed by atoms with van der Waals surface area (Å²) < 4.78 is 17.9. The Labute approximate surface area is 223 Å². The maximum absolute atomic E-state index is 12.9. The van der Waals surface area contributed by atoms with Crippen molar-refractivity contribution in [3.63, 3.8) is 0 Å². The van der Waals surface area contributed by atoms with E-state index in [1.807, 2.05) is 42.5 Å². The SMILES string of the molecule is CCCCOC(C)c1ccc(-c2ccc(C(=O)Oc3ccccc3OC(CCC)CCCC)cc2)cc1. The number of carbonyl (C=O) groups excluding carboxylic acids is 1. The summed E-state index contributed by atoms with van der Waals surface area (Å²) in [5, 5.41) is 0. The molecule has 0 aliphatic carbocycles. The molecule has 4 nitrogen and oxygen atoms in total. The molecule has 2 unspecified atom stereocenters. The Morgan fingerprint density at radius 1 is 0.730 bits per heavy atom. The molecule has 0 fully saturated rings. The lowest BCUT2D eigenvalue weighted by Crippen LogP contribution is -2.17. The normalized spacial score (nSPS) is 12.6. The maximum atomic E-state index is 12.9. The number of hydrogen-bond acceptors (Lipinski definition) is 4. The lowest BCUT2D eigenvalue weighted by atomic mass is 10.0. The minimum absolute atomic E-state index is 0.0773. The third-order valence-corrected chi connectivity index (χ3v) is 6.54. The molecule has 4 heteroatoms. The number of hydrogen-bond donors (Lipinski definition) is 0. The third-order valence-electron chi connectivity index (χ3n) is 6.54. The van der Waals surface area contributed by atoms with Gasteiger partial charge in [-0.25, -0.2) is 4.79 Å². The highest BCUT2D eigenvalue weighted by atomic mass is 16.6. The second-order valence-electron chi connectivity index (χ2n) is 9.57. The molecule has 0 aliphatic heterocycles. The van der Waals surface area contributed by atoms with Gasteiger partial charge in [0.15, 0.2) is 11.5 Å². The molecule has 3 aromatic rings. The van der Waals surface area contributed by atoms with Crippen LogP contribution in [-0.2, 0) is 4.74 Å². The van der Waals surface area contributed by atoms with Crippen molar-refractivity contribution >= 4 is 5.97 Å². The molecule has 37 heavy (non-hydrogen) atoms. The molecule has 3 aromatic carbocycles. The van der Waals surface area contributed by atoms with Crippen LogP contribution in [0, 0.1) is 0 Å². The van der Waals surface area contributed by atoms with Gasteiger partial charge in [0.2, 0.25) is 0 Å². The highest BCUT2D eigenvalue weighted by Gasteiger charge is 2.16. The van der Waals surface area contributed by atoms with Crippen LogP contribution < -0.4 is 9.47 Å². The fraction of sp³-hybridized carbons (Fsp3) is 0.424. The van der Waals surface area contributed by atoms with Crippen LogP contribution in [0.1, 0.15) is 94.7 Å². The van der Waals surface area contributed by atoms with E-state index in [1.54, 1.807) is 6.07 Å². The predicted molar refractivity (Wildman–Crippen MR) is 151 cm³/mol. The van der Waals surface area contributed by atoms with Crippen LogP contribution in [0.2, 0.25) is 0 Å². The van der Waals surface area contributed by atoms with E-state index in [2.05, 4.69) is 52.0 Å². The van der Waals surface area contributed by atoms with Gasteiger partial charge in [0.25, 0.3) is 0 Å². The van der Waals surface area contributed by atoms with Crippen molar-refractivity contribution in [3.8, 4) is 22.6 Å². The van der Waals surface area contributed by atoms with Crippen molar-refractivity contribution in [2.75, 3.05) is 6.61 Å². The quantitative estimate of drug-likeness (QED) is 0.118. The van der Waals surface area contributed by atoms with Crippen molar-refractivity contribution < 1.29 is 19.0 Å². The molecule has 0 aromatic heterocycles. The summed E-state index contributed by atoms with van der Waals surface area (Å²) in [4.78, 5) is 12.9. The molecule has 2 atom stereocenters. The fourth-order valence-electron chi connectivity index (χ4n) is 4.23. The maximum Gasteiger partial charge on any atom is 0.343 e. The Morgan fingerprint density at radius 3 is 1.97 bits per heavy atom. The van der Waals surface area contributed by atoms with Crippen LogP contribution in [0.15, 0.2) is 72.8 Å². The average molecular weight is 503 g/mol. The monoisotopic (exact) mass is 502 g/mol. The second-order valence-corrected chi connectivity index (χ2v) is 9.57. The largest absolute Gasteiger partial charge is 0.487 e. The molecule has 0 N–H and O–H groups in total. The molecule has 0 radical (unpaired) electrons. The van der Waals surface area contributed by atoms with E-state index in [0.29, 0.717) is 17.1 Å². The van der Waals surface area contributed by atoms with Gasteiger partial charge in [-0.2, -0.15) is 0 Å². The highest BCUT2D eigenvalue weighted by molar-refractivity contribution is 5.92. The summed E-state index contributed by atoms with van der Waals surface area (Å²) in [5.74, 6) is 0.687. The van der Waals surface area contributed by atoms with Gasteiger partial charge in [0.05, 0.1) is 17.8 Å². The van der Waals surface area contributed by atoms with Gasteiger partial charge in [-0.1, -0.05) is 95.0 Å². The van der Waals surface area contributed by atoms with Crippen molar-refractivity contribution in [1.82, 2.24) is 0 Å². The Bertz CT molecular complexity index is 1070. The highest BCUT2D eigenvalue weighted by Crippen LogP contribution is 2.30. The smallest absolute Gasteiger partial charge is 0.343 e. The molecule has 0 aliphatic rings. The number of para-hydroxylation sites is 2. The molecule has 0 saturated carbocycles.